The largest absolute Gasteiger partial charge is 0.508 e. The summed E-state index contributed by atoms with van der Waals surface area (Å²) < 4.78 is 25.8. The number of ether oxygens (including phenoxy) is 1. The van der Waals surface area contributed by atoms with Gasteiger partial charge in [-0.3, -0.25) is 59.2 Å². The molecule has 0 aliphatic carbocycles. The smallest absolute Gasteiger partial charge is 0.327 e. The van der Waals surface area contributed by atoms with Crippen molar-refractivity contribution in [3.63, 3.8) is 0 Å². The summed E-state index contributed by atoms with van der Waals surface area (Å²) >= 11 is 63.6. The van der Waals surface area contributed by atoms with E-state index in [4.69, 9.17) is 130 Å². The first-order valence-corrected chi connectivity index (χ1v) is 53.3. The molecule has 5 aliphatic rings. The number of phenols is 1. The summed E-state index contributed by atoms with van der Waals surface area (Å²) in [4.78, 5) is 59.4. The van der Waals surface area contributed by atoms with Gasteiger partial charge in [-0.05, 0) is 177 Å². The van der Waals surface area contributed by atoms with Crippen molar-refractivity contribution in [2.45, 2.75) is 156 Å². The maximum Gasteiger partial charge on any atom is 0.327 e. The van der Waals surface area contributed by atoms with Gasteiger partial charge in [-0.1, -0.05) is 166 Å². The summed E-state index contributed by atoms with van der Waals surface area (Å²) in [5, 5.41) is 75.2. The number of fused-ring (bicyclic) bond motifs is 1. The number of aryl methyl sites for hydroxylation is 1. The number of aromatic hydroxyl groups is 1. The molecule has 0 radical (unpaired) electrons. The molecule has 5 atom stereocenters. The van der Waals surface area contributed by atoms with Crippen LogP contribution in [-0.2, 0) is 21.6 Å². The number of nitrogens with zero attached hydrogens (tertiary/aromatic N) is 35. The minimum absolute atomic E-state index is 0.0922. The predicted molar refractivity (Wildman–Crippen MR) is 581 cm³/mol. The molecule has 18 heterocycles. The SMILES string of the molecule is CC(C)n1cnnc1C(c1ccco1)N1CCN(c2c(Cl)cncc2Cl)CC1.CC(C)n1nnnc1C(c1ccnc2ccccc12)N1CCN(c2c(Cl)cncc2Cl)CC1.CCCCC(c1nnnn1C(C)C)N1CCN(c2c(Cl)cncc2Cl)CC1.COC(=O)Cn1nnnc1C(c1cccc(O)c1)N1CCN(c2c(Cl)cncc2Cl)CC1.Cc1ccc(C(c2nnnn2C(C)(C)C)N2CCN(c3c(Cl)cncc3Cl)CC2)o1. The van der Waals surface area contributed by atoms with Crippen molar-refractivity contribution in [1.82, 2.24) is 150 Å². The average Bonchev–Trinajstić information content (AvgIpc) is 1.13. The predicted octanol–water partition coefficient (Wildman–Crippen LogP) is 18.6. The number of furan rings is 2. The van der Waals surface area contributed by atoms with Crippen LogP contribution >= 0.6 is 116 Å². The second kappa shape index (κ2) is 51.3. The summed E-state index contributed by atoms with van der Waals surface area (Å²) in [5.74, 6) is 6.16. The van der Waals surface area contributed by atoms with E-state index in [0.717, 1.165) is 215 Å². The zero-order valence-electron chi connectivity index (χ0n) is 85.1. The molecule has 794 valence electrons. The first kappa shape index (κ1) is 111. The molecule has 5 fully saturated rings. The standard InChI is InChI=1S/C23H24Cl2N8.C20H21Cl2N7O3.C20H25Cl2N7O.C19H22Cl2N6O.C18H27Cl2N7/c1-15(2)33-23(28-29-30-33)21(17-7-8-27-20-6-4-3-5-16(17)20)31-9-11-32(12-10-31)22-18(24)13-26-14-19(22)25;1-32-17(31)12-29-20(24-25-26-29)18(13-3-2-4-14(30)9-13)27-5-7-28(8-6-27)19-15(21)10-23-11-16(19)22;1-13-5-6-16(30-13)18(19-24-25-26-29(19)20(2,3)4)28-9-7-27(8-10-28)17-14(21)11-23-12-15(17)22;1-13(2)27-12-23-24-19(27)18(16-4-3-9-28-16)26-7-5-25(6-8-26)17-14(20)10-22-11-15(17)21;1-4-5-6-16(18-22-23-24-27(18)13(2)3)25-7-9-26(10-8-25)17-14(19)11-21-12-15(17)20/h3-8,13-15,21H,9-12H2,1-2H3;2-4,9-11,18,30H,5-8,12H2,1H3;5-6,11-12,18H,7-10H2,1-4H3;3-4,9-13,18H,5-8H2,1-2H3;11-13,16H,4-10H2,1-3H3. The van der Waals surface area contributed by atoms with Crippen molar-refractivity contribution in [3.05, 3.63) is 267 Å². The molecule has 5 aliphatic heterocycles. The summed E-state index contributed by atoms with van der Waals surface area (Å²) in [6.45, 7) is 38.5. The van der Waals surface area contributed by atoms with Gasteiger partial charge in [0, 0.05) is 210 Å². The van der Waals surface area contributed by atoms with Crippen LogP contribution in [-0.4, -0.2) is 299 Å². The van der Waals surface area contributed by atoms with Crippen molar-refractivity contribution in [1.29, 1.82) is 0 Å². The van der Waals surface area contributed by atoms with E-state index in [9.17, 15) is 9.90 Å². The number of hydrogen-bond acceptors (Lipinski definition) is 35. The number of aromatic nitrogens is 25. The van der Waals surface area contributed by atoms with E-state index in [0.29, 0.717) is 82.2 Å². The summed E-state index contributed by atoms with van der Waals surface area (Å²) in [7, 11) is 1.31. The fourth-order valence-electron chi connectivity index (χ4n) is 19.5. The average molecular weight is 2250 g/mol. The Hall–Kier alpha value is -11.5. The van der Waals surface area contributed by atoms with Gasteiger partial charge in [0.2, 0.25) is 0 Å². The van der Waals surface area contributed by atoms with Crippen LogP contribution in [0.15, 0.2) is 168 Å². The molecule has 0 saturated carbocycles. The summed E-state index contributed by atoms with van der Waals surface area (Å²) in [6.07, 6.45) is 24.9. The van der Waals surface area contributed by atoms with Gasteiger partial charge in [-0.15, -0.1) is 30.6 Å². The van der Waals surface area contributed by atoms with Crippen molar-refractivity contribution >= 4 is 161 Å². The fraction of sp³-hybridized carbons (Fsp3) is 0.450. The lowest BCUT2D eigenvalue weighted by atomic mass is 9.99. The Kier molecular flexibility index (Phi) is 38.0. The number of anilines is 5. The van der Waals surface area contributed by atoms with E-state index in [2.05, 4.69) is 237 Å². The van der Waals surface area contributed by atoms with Crippen LogP contribution in [0.5, 0.6) is 5.75 Å². The highest BCUT2D eigenvalue weighted by Crippen LogP contribution is 2.45. The summed E-state index contributed by atoms with van der Waals surface area (Å²) in [5.41, 5.74) is 6.81. The van der Waals surface area contributed by atoms with E-state index >= 15 is 0 Å². The van der Waals surface area contributed by atoms with E-state index in [1.807, 2.05) is 75.7 Å². The first-order valence-electron chi connectivity index (χ1n) is 49.5. The van der Waals surface area contributed by atoms with Gasteiger partial charge in [-0.25, -0.2) is 18.7 Å². The lowest BCUT2D eigenvalue weighted by Gasteiger charge is -2.40. The lowest BCUT2D eigenvalue weighted by molar-refractivity contribution is -0.141. The molecule has 1 N–H and O–H groups in total. The minimum Gasteiger partial charge on any atom is -0.508 e. The number of esters is 1. The van der Waals surface area contributed by atoms with E-state index < -0.39 is 5.97 Å². The number of carbonyl (C=O) groups excluding carboxylic acids is 1. The Morgan fingerprint density at radius 2 is 0.860 bits per heavy atom. The Balaban J connectivity index is 0.000000134. The summed E-state index contributed by atoms with van der Waals surface area (Å²) in [6, 6.07) is 25.2. The molecule has 0 amide bonds. The molecule has 5 saturated heterocycles. The number of unbranched alkanes of at least 4 members (excludes halogenated alkanes) is 1. The van der Waals surface area contributed by atoms with Gasteiger partial charge in [0.25, 0.3) is 0 Å². The van der Waals surface area contributed by atoms with Crippen LogP contribution in [0.3, 0.4) is 0 Å². The molecule has 150 heavy (non-hydrogen) atoms. The van der Waals surface area contributed by atoms with Crippen LogP contribution in [0.4, 0.5) is 28.4 Å². The highest BCUT2D eigenvalue weighted by molar-refractivity contribution is 6.41. The Morgan fingerprint density at radius 3 is 1.29 bits per heavy atom. The molecule has 5 unspecified atom stereocenters. The fourth-order valence-corrected chi connectivity index (χ4v) is 22.5. The number of benzene rings is 2. The zero-order valence-corrected chi connectivity index (χ0v) is 92.7. The number of para-hydroxylation sites is 1. The number of piperazine rings is 5. The van der Waals surface area contributed by atoms with Crippen molar-refractivity contribution in [2.75, 3.05) is 163 Å². The Labute approximate surface area is 919 Å². The van der Waals surface area contributed by atoms with Crippen molar-refractivity contribution in [3.8, 4) is 5.75 Å². The second-order valence-corrected chi connectivity index (χ2v) is 42.4. The number of pyridine rings is 6. The van der Waals surface area contributed by atoms with E-state index in [1.165, 1.54) is 11.8 Å². The maximum atomic E-state index is 11.9. The van der Waals surface area contributed by atoms with Gasteiger partial charge in [0.1, 0.15) is 48.0 Å². The molecular formula is C100H119Cl10N35O5. The van der Waals surface area contributed by atoms with Crippen LogP contribution < -0.4 is 24.5 Å². The number of tetrazole rings is 4. The van der Waals surface area contributed by atoms with Crippen LogP contribution in [0.1, 0.15) is 194 Å². The maximum absolute atomic E-state index is 11.9. The van der Waals surface area contributed by atoms with Crippen LogP contribution in [0.2, 0.25) is 50.2 Å². The quantitative estimate of drug-likeness (QED) is 0.0467. The third-order valence-corrected chi connectivity index (χ3v) is 29.4. The molecule has 13 aromatic heterocycles. The molecule has 15 aromatic rings. The van der Waals surface area contributed by atoms with Gasteiger partial charge < -0.3 is 47.7 Å². The highest BCUT2D eigenvalue weighted by atomic mass is 35.5. The number of rotatable bonds is 27. The Morgan fingerprint density at radius 1 is 0.433 bits per heavy atom. The number of carbonyl (C=O) groups is 1. The number of hydrogen-bond donors (Lipinski definition) is 1. The molecule has 0 bridgehead atoms. The normalized spacial score (nSPS) is 16.3. The van der Waals surface area contributed by atoms with E-state index in [-0.39, 0.29) is 66.2 Å². The monoisotopic (exact) mass is 2240 g/mol. The van der Waals surface area contributed by atoms with Gasteiger partial charge in [0.15, 0.2) is 29.1 Å². The van der Waals surface area contributed by atoms with Crippen LogP contribution in [0, 0.1) is 6.92 Å². The van der Waals surface area contributed by atoms with Crippen molar-refractivity contribution < 1.29 is 23.5 Å². The zero-order chi connectivity index (χ0) is 106. The molecule has 50 heteroatoms. The van der Waals surface area contributed by atoms with Gasteiger partial charge >= 0.3 is 5.97 Å². The molecule has 2 aromatic carbocycles. The molecule has 40 nitrogen and oxygen atoms in total. The number of phenolic OH excluding ortho intramolecular Hbond substituents is 1. The van der Waals surface area contributed by atoms with E-state index in [1.54, 1.807) is 92.8 Å². The van der Waals surface area contributed by atoms with Crippen molar-refractivity contribution in [2.24, 2.45) is 0 Å². The van der Waals surface area contributed by atoms with Crippen LogP contribution in [0.25, 0.3) is 10.9 Å². The molecular weight excluding hydrogens is 2130 g/mol. The van der Waals surface area contributed by atoms with Gasteiger partial charge in [0.05, 0.1) is 133 Å². The highest BCUT2D eigenvalue weighted by Gasteiger charge is 2.41. The number of halogens is 10. The third-order valence-electron chi connectivity index (χ3n) is 26.7. The van der Waals surface area contributed by atoms with Gasteiger partial charge in [-0.2, -0.15) is 0 Å². The minimum atomic E-state index is -0.458. The lowest BCUT2D eigenvalue weighted by Crippen LogP contribution is -2.49. The number of methoxy groups -OCH3 is 1. The second-order valence-electron chi connectivity index (χ2n) is 38.3. The third kappa shape index (κ3) is 26.2. The first-order chi connectivity index (χ1) is 72.4. The Bertz CT molecular complexity index is 6820. The topological polar surface area (TPSA) is 388 Å². The molecule has 0 spiro atoms. The molecule has 20 rings (SSSR count).